The Morgan fingerprint density at radius 3 is 2.90 bits per heavy atom. The fraction of sp³-hybridized carbons (Fsp3) is 0.462. The number of ether oxygens (including phenoxy) is 1. The number of anilines is 1. The Balaban J connectivity index is 2.05. The fourth-order valence-corrected chi connectivity index (χ4v) is 2.32. The highest BCUT2D eigenvalue weighted by atomic mass is 16.6. The topological polar surface area (TPSA) is 120 Å². The lowest BCUT2D eigenvalue weighted by molar-refractivity contribution is -0.384. The van der Waals surface area contributed by atoms with E-state index in [0.717, 1.165) is 6.42 Å². The summed E-state index contributed by atoms with van der Waals surface area (Å²) < 4.78 is 5.42. The molecule has 1 heterocycles. The Morgan fingerprint density at radius 2 is 2.33 bits per heavy atom. The number of hydrogen-bond donors (Lipinski definition) is 3. The van der Waals surface area contributed by atoms with Gasteiger partial charge in [0.25, 0.3) is 11.6 Å². The van der Waals surface area contributed by atoms with E-state index in [1.54, 1.807) is 0 Å². The van der Waals surface area contributed by atoms with Gasteiger partial charge in [-0.05, 0) is 25.5 Å². The second-order valence-electron chi connectivity index (χ2n) is 4.97. The van der Waals surface area contributed by atoms with Crippen molar-refractivity contribution in [2.24, 2.45) is 11.8 Å². The molecular formula is C13H18N4O4. The summed E-state index contributed by atoms with van der Waals surface area (Å²) in [5.74, 6) is 5.13. The lowest BCUT2D eigenvalue weighted by Crippen LogP contribution is -2.32. The van der Waals surface area contributed by atoms with Gasteiger partial charge in [-0.1, -0.05) is 0 Å². The monoisotopic (exact) mass is 294 g/mol. The molecule has 1 aromatic carbocycles. The third-order valence-electron chi connectivity index (χ3n) is 3.67. The molecule has 21 heavy (non-hydrogen) atoms. The average molecular weight is 294 g/mol. The van der Waals surface area contributed by atoms with Crippen molar-refractivity contribution in [3.05, 3.63) is 33.9 Å². The summed E-state index contributed by atoms with van der Waals surface area (Å²) in [5, 5.41) is 13.7. The Kier molecular flexibility index (Phi) is 4.71. The predicted octanol–water partition coefficient (Wildman–Crippen LogP) is 1.04. The lowest BCUT2D eigenvalue weighted by atomic mass is 10.0. The van der Waals surface area contributed by atoms with Gasteiger partial charge in [-0.3, -0.25) is 20.8 Å². The van der Waals surface area contributed by atoms with Crippen molar-refractivity contribution in [1.29, 1.82) is 0 Å². The van der Waals surface area contributed by atoms with Crippen molar-refractivity contribution < 1.29 is 14.5 Å². The maximum absolute atomic E-state index is 12.1. The maximum Gasteiger partial charge on any atom is 0.294 e. The first-order chi connectivity index (χ1) is 10.0. The van der Waals surface area contributed by atoms with Gasteiger partial charge in [0.1, 0.15) is 5.69 Å². The van der Waals surface area contributed by atoms with E-state index in [-0.39, 0.29) is 34.9 Å². The van der Waals surface area contributed by atoms with Crippen molar-refractivity contribution in [3.63, 3.8) is 0 Å². The minimum absolute atomic E-state index is 0.114. The number of benzene rings is 1. The normalized spacial score (nSPS) is 21.0. The van der Waals surface area contributed by atoms with E-state index < -0.39 is 4.92 Å². The highest BCUT2D eigenvalue weighted by Crippen LogP contribution is 2.25. The van der Waals surface area contributed by atoms with Crippen LogP contribution in [0.4, 0.5) is 11.4 Å². The van der Waals surface area contributed by atoms with Crippen LogP contribution in [0.1, 0.15) is 23.7 Å². The number of nitrogens with one attached hydrogen (secondary N) is 2. The summed E-state index contributed by atoms with van der Waals surface area (Å²) in [4.78, 5) is 22.4. The van der Waals surface area contributed by atoms with Crippen molar-refractivity contribution >= 4 is 17.3 Å². The van der Waals surface area contributed by atoms with Crippen LogP contribution in [0.5, 0.6) is 0 Å². The number of amides is 1. The molecule has 0 radical (unpaired) electrons. The Morgan fingerprint density at radius 1 is 1.57 bits per heavy atom. The molecule has 8 heteroatoms. The van der Waals surface area contributed by atoms with Crippen molar-refractivity contribution in [2.75, 3.05) is 18.6 Å². The highest BCUT2D eigenvalue weighted by molar-refractivity contribution is 5.95. The summed E-state index contributed by atoms with van der Waals surface area (Å²) in [7, 11) is 0. The van der Waals surface area contributed by atoms with E-state index in [9.17, 15) is 14.9 Å². The molecular weight excluding hydrogens is 276 g/mol. The minimum Gasteiger partial charge on any atom is -0.378 e. The molecule has 1 fully saturated rings. The van der Waals surface area contributed by atoms with Crippen LogP contribution in [-0.2, 0) is 4.74 Å². The predicted molar refractivity (Wildman–Crippen MR) is 76.8 cm³/mol. The zero-order valence-corrected chi connectivity index (χ0v) is 11.7. The van der Waals surface area contributed by atoms with Gasteiger partial charge in [-0.2, -0.15) is 0 Å². The average Bonchev–Trinajstić information content (AvgIpc) is 2.89. The van der Waals surface area contributed by atoms with E-state index >= 15 is 0 Å². The molecule has 2 atom stereocenters. The summed E-state index contributed by atoms with van der Waals surface area (Å²) >= 11 is 0. The third-order valence-corrected chi connectivity index (χ3v) is 3.67. The quantitative estimate of drug-likeness (QED) is 0.424. The van der Waals surface area contributed by atoms with Gasteiger partial charge in [0.05, 0.1) is 11.0 Å². The fourth-order valence-electron chi connectivity index (χ4n) is 2.32. The molecule has 1 aliphatic heterocycles. The molecule has 0 aromatic heterocycles. The first-order valence-electron chi connectivity index (χ1n) is 6.67. The van der Waals surface area contributed by atoms with Crippen molar-refractivity contribution in [1.82, 2.24) is 5.32 Å². The van der Waals surface area contributed by atoms with Crippen molar-refractivity contribution in [2.45, 2.75) is 19.4 Å². The Bertz CT molecular complexity index is 549. The van der Waals surface area contributed by atoms with Crippen molar-refractivity contribution in [3.8, 4) is 0 Å². The molecule has 0 bridgehead atoms. The number of nitrogens with zero attached hydrogens (tertiary/aromatic N) is 1. The first kappa shape index (κ1) is 15.2. The summed E-state index contributed by atoms with van der Waals surface area (Å²) in [5.41, 5.74) is 2.39. The van der Waals surface area contributed by atoms with Gasteiger partial charge in [-0.25, -0.2) is 0 Å². The number of rotatable bonds is 5. The van der Waals surface area contributed by atoms with Crippen LogP contribution in [0.3, 0.4) is 0 Å². The number of nitro groups is 1. The number of carbonyl (C=O) groups excluding carboxylic acids is 1. The minimum atomic E-state index is -0.584. The van der Waals surface area contributed by atoms with Gasteiger partial charge in [0.2, 0.25) is 0 Å². The summed E-state index contributed by atoms with van der Waals surface area (Å²) in [6, 6.07) is 4.11. The summed E-state index contributed by atoms with van der Waals surface area (Å²) in [6.07, 6.45) is 1.01. The van der Waals surface area contributed by atoms with E-state index in [4.69, 9.17) is 10.6 Å². The molecule has 1 saturated heterocycles. The van der Waals surface area contributed by atoms with Gasteiger partial charge in [0.15, 0.2) is 0 Å². The van der Waals surface area contributed by atoms with Gasteiger partial charge >= 0.3 is 0 Å². The largest absolute Gasteiger partial charge is 0.378 e. The van der Waals surface area contributed by atoms with E-state index in [1.165, 1.54) is 18.2 Å². The number of carbonyl (C=O) groups is 1. The highest BCUT2D eigenvalue weighted by Gasteiger charge is 2.25. The molecule has 0 spiro atoms. The zero-order valence-electron chi connectivity index (χ0n) is 11.7. The number of nitrogen functional groups attached to an aromatic ring is 1. The zero-order chi connectivity index (χ0) is 15.4. The number of nitro benzene ring substituents is 1. The molecule has 1 aromatic rings. The second kappa shape index (κ2) is 6.51. The number of hydrogen-bond acceptors (Lipinski definition) is 6. The maximum atomic E-state index is 12.1. The van der Waals surface area contributed by atoms with Gasteiger partial charge in [0, 0.05) is 30.7 Å². The lowest BCUT2D eigenvalue weighted by Gasteiger charge is -2.14. The Hall–Kier alpha value is -2.19. The molecule has 1 amide bonds. The first-order valence-corrected chi connectivity index (χ1v) is 6.67. The molecule has 2 rings (SSSR count). The van der Waals surface area contributed by atoms with Gasteiger partial charge in [-0.15, -0.1) is 0 Å². The van der Waals surface area contributed by atoms with E-state index in [1.807, 2.05) is 6.92 Å². The molecule has 0 saturated carbocycles. The molecule has 0 aliphatic carbocycles. The molecule has 114 valence electrons. The molecule has 2 unspecified atom stereocenters. The van der Waals surface area contributed by atoms with E-state index in [0.29, 0.717) is 13.2 Å². The van der Waals surface area contributed by atoms with Crippen LogP contribution in [0, 0.1) is 16.0 Å². The van der Waals surface area contributed by atoms with Crippen LogP contribution in [-0.4, -0.2) is 30.1 Å². The smallest absolute Gasteiger partial charge is 0.294 e. The van der Waals surface area contributed by atoms with E-state index in [2.05, 4.69) is 10.7 Å². The summed E-state index contributed by atoms with van der Waals surface area (Å²) in [6.45, 7) is 3.16. The third kappa shape index (κ3) is 3.47. The number of nitrogens with two attached hydrogens (primary N) is 1. The Labute approximate surface area is 121 Å². The van der Waals surface area contributed by atoms with Crippen LogP contribution < -0.4 is 16.6 Å². The molecule has 4 N–H and O–H groups in total. The van der Waals surface area contributed by atoms with Crippen LogP contribution in [0.25, 0.3) is 0 Å². The van der Waals surface area contributed by atoms with Crippen LogP contribution in [0.2, 0.25) is 0 Å². The SMILES string of the molecule is CC1OCCC1CNC(=O)c1ccc(NN)c([N+](=O)[O-])c1. The van der Waals surface area contributed by atoms with Crippen LogP contribution >= 0.6 is 0 Å². The van der Waals surface area contributed by atoms with Crippen LogP contribution in [0.15, 0.2) is 18.2 Å². The standard InChI is InChI=1S/C13H18N4O4/c1-8-10(4-5-21-8)7-15-13(18)9-2-3-11(16-14)12(6-9)17(19)20/h2-3,6,8,10,16H,4-5,7,14H2,1H3,(H,15,18). The molecule has 1 aliphatic rings. The number of hydrazine groups is 1. The van der Waals surface area contributed by atoms with Gasteiger partial charge < -0.3 is 15.5 Å². The molecule has 8 nitrogen and oxygen atoms in total. The second-order valence-corrected chi connectivity index (χ2v) is 4.97.